The molecule has 3 nitrogen and oxygen atoms in total. The van der Waals surface area contributed by atoms with E-state index in [4.69, 9.17) is 0 Å². The molecule has 0 atom stereocenters. The van der Waals surface area contributed by atoms with Crippen LogP contribution < -0.4 is 5.32 Å². The van der Waals surface area contributed by atoms with Crippen molar-refractivity contribution in [3.63, 3.8) is 0 Å². The molecule has 96 valence electrons. The number of hydrogen-bond donors (Lipinski definition) is 1. The molecule has 2 aromatic rings. The third-order valence-corrected chi connectivity index (χ3v) is 3.33. The van der Waals surface area contributed by atoms with Gasteiger partial charge in [0.15, 0.2) is 0 Å². The zero-order valence-corrected chi connectivity index (χ0v) is 11.6. The van der Waals surface area contributed by atoms with E-state index in [1.165, 1.54) is 11.1 Å². The highest BCUT2D eigenvalue weighted by Crippen LogP contribution is 2.20. The van der Waals surface area contributed by atoms with Crippen molar-refractivity contribution in [2.45, 2.75) is 32.9 Å². The molecule has 0 aliphatic heterocycles. The predicted octanol–water partition coefficient (Wildman–Crippen LogP) is 2.75. The van der Waals surface area contributed by atoms with Crippen LogP contribution in [0.25, 0.3) is 0 Å². The first-order valence-corrected chi connectivity index (χ1v) is 6.29. The third kappa shape index (κ3) is 2.79. The van der Waals surface area contributed by atoms with Crippen molar-refractivity contribution < 1.29 is 0 Å². The summed E-state index contributed by atoms with van der Waals surface area (Å²) in [5.41, 5.74) is 3.60. The van der Waals surface area contributed by atoms with Crippen LogP contribution in [0.3, 0.4) is 0 Å². The molecule has 1 aromatic carbocycles. The van der Waals surface area contributed by atoms with E-state index in [0.29, 0.717) is 0 Å². The SMILES string of the molecule is Cc1nn(C)cc1CNC(C)(C)c1ccccc1. The van der Waals surface area contributed by atoms with Crippen LogP contribution in [0.1, 0.15) is 30.7 Å². The fourth-order valence-corrected chi connectivity index (χ4v) is 2.10. The monoisotopic (exact) mass is 243 g/mol. The van der Waals surface area contributed by atoms with Crippen molar-refractivity contribution in [3.8, 4) is 0 Å². The standard InChI is InChI=1S/C15H21N3/c1-12-13(11-18(4)17-12)10-16-15(2,3)14-8-6-5-7-9-14/h5-9,11,16H,10H2,1-4H3. The van der Waals surface area contributed by atoms with Crippen molar-refractivity contribution in [3.05, 3.63) is 53.3 Å². The van der Waals surface area contributed by atoms with E-state index in [0.717, 1.165) is 12.2 Å². The van der Waals surface area contributed by atoms with E-state index in [1.807, 2.05) is 24.7 Å². The van der Waals surface area contributed by atoms with E-state index >= 15 is 0 Å². The van der Waals surface area contributed by atoms with Gasteiger partial charge in [-0.05, 0) is 26.3 Å². The second kappa shape index (κ2) is 4.94. The number of hydrogen-bond acceptors (Lipinski definition) is 2. The van der Waals surface area contributed by atoms with E-state index in [2.05, 4.69) is 54.7 Å². The maximum Gasteiger partial charge on any atom is 0.0638 e. The lowest BCUT2D eigenvalue weighted by Gasteiger charge is -2.27. The second-order valence-electron chi connectivity index (χ2n) is 5.26. The van der Waals surface area contributed by atoms with Gasteiger partial charge in [0.05, 0.1) is 5.69 Å². The Kier molecular flexibility index (Phi) is 3.53. The molecule has 1 aromatic heterocycles. The Labute approximate surface area is 109 Å². The molecule has 2 rings (SSSR count). The normalized spacial score (nSPS) is 11.8. The van der Waals surface area contributed by atoms with Gasteiger partial charge in [-0.25, -0.2) is 0 Å². The molecule has 0 saturated carbocycles. The van der Waals surface area contributed by atoms with Crippen molar-refractivity contribution in [1.82, 2.24) is 15.1 Å². The first kappa shape index (κ1) is 12.8. The Hall–Kier alpha value is -1.61. The van der Waals surface area contributed by atoms with Crippen molar-refractivity contribution in [2.75, 3.05) is 0 Å². The summed E-state index contributed by atoms with van der Waals surface area (Å²) < 4.78 is 1.86. The molecule has 1 N–H and O–H groups in total. The third-order valence-electron chi connectivity index (χ3n) is 3.33. The summed E-state index contributed by atoms with van der Waals surface area (Å²) in [7, 11) is 1.96. The lowest BCUT2D eigenvalue weighted by Crippen LogP contribution is -2.35. The Bertz CT molecular complexity index is 512. The van der Waals surface area contributed by atoms with E-state index in [9.17, 15) is 0 Å². The molecule has 0 saturated heterocycles. The van der Waals surface area contributed by atoms with Crippen LogP contribution in [0.2, 0.25) is 0 Å². The molecule has 0 spiro atoms. The maximum atomic E-state index is 4.36. The van der Waals surface area contributed by atoms with Crippen molar-refractivity contribution in [1.29, 1.82) is 0 Å². The first-order valence-electron chi connectivity index (χ1n) is 6.29. The van der Waals surface area contributed by atoms with Crippen LogP contribution in [0, 0.1) is 6.92 Å². The van der Waals surface area contributed by atoms with Gasteiger partial charge in [0.25, 0.3) is 0 Å². The molecule has 0 amide bonds. The number of rotatable bonds is 4. The predicted molar refractivity (Wildman–Crippen MR) is 74.3 cm³/mol. The largest absolute Gasteiger partial charge is 0.304 e. The summed E-state index contributed by atoms with van der Waals surface area (Å²) in [6.45, 7) is 7.29. The fraction of sp³-hybridized carbons (Fsp3) is 0.400. The van der Waals surface area contributed by atoms with Gasteiger partial charge >= 0.3 is 0 Å². The number of aryl methyl sites for hydroxylation is 2. The lowest BCUT2D eigenvalue weighted by molar-refractivity contribution is 0.401. The summed E-state index contributed by atoms with van der Waals surface area (Å²) in [6, 6.07) is 10.5. The first-order chi connectivity index (χ1) is 8.49. The fourth-order valence-electron chi connectivity index (χ4n) is 2.10. The van der Waals surface area contributed by atoms with Gasteiger partial charge in [-0.1, -0.05) is 30.3 Å². The molecule has 18 heavy (non-hydrogen) atoms. The smallest absolute Gasteiger partial charge is 0.0638 e. The van der Waals surface area contributed by atoms with Crippen molar-refractivity contribution >= 4 is 0 Å². The minimum atomic E-state index is -0.0382. The molecule has 0 radical (unpaired) electrons. The highest BCUT2D eigenvalue weighted by Gasteiger charge is 2.19. The molecule has 0 fully saturated rings. The summed E-state index contributed by atoms with van der Waals surface area (Å²) in [6.07, 6.45) is 2.07. The number of nitrogens with zero attached hydrogens (tertiary/aromatic N) is 2. The highest BCUT2D eigenvalue weighted by atomic mass is 15.3. The molecular weight excluding hydrogens is 222 g/mol. The van der Waals surface area contributed by atoms with Gasteiger partial charge in [-0.2, -0.15) is 5.10 Å². The second-order valence-corrected chi connectivity index (χ2v) is 5.26. The molecule has 0 aliphatic carbocycles. The summed E-state index contributed by atoms with van der Waals surface area (Å²) in [5, 5.41) is 7.95. The van der Waals surface area contributed by atoms with Gasteiger partial charge in [0.2, 0.25) is 0 Å². The Morgan fingerprint density at radius 3 is 2.44 bits per heavy atom. The minimum absolute atomic E-state index is 0.0382. The van der Waals surface area contributed by atoms with Crippen LogP contribution in [-0.4, -0.2) is 9.78 Å². The quantitative estimate of drug-likeness (QED) is 0.895. The van der Waals surface area contributed by atoms with Crippen LogP contribution in [0.5, 0.6) is 0 Å². The van der Waals surface area contributed by atoms with E-state index in [1.54, 1.807) is 0 Å². The highest BCUT2D eigenvalue weighted by molar-refractivity contribution is 5.23. The van der Waals surface area contributed by atoms with Gasteiger partial charge in [-0.15, -0.1) is 0 Å². The number of nitrogens with one attached hydrogen (secondary N) is 1. The van der Waals surface area contributed by atoms with E-state index < -0.39 is 0 Å². The Balaban J connectivity index is 2.08. The average Bonchev–Trinajstić information content (AvgIpc) is 2.67. The molecule has 3 heteroatoms. The lowest BCUT2D eigenvalue weighted by atomic mass is 9.94. The summed E-state index contributed by atoms with van der Waals surface area (Å²) >= 11 is 0. The van der Waals surface area contributed by atoms with E-state index in [-0.39, 0.29) is 5.54 Å². The Morgan fingerprint density at radius 2 is 1.89 bits per heavy atom. The topological polar surface area (TPSA) is 29.9 Å². The van der Waals surface area contributed by atoms with Crippen molar-refractivity contribution in [2.24, 2.45) is 7.05 Å². The minimum Gasteiger partial charge on any atom is -0.304 e. The summed E-state index contributed by atoms with van der Waals surface area (Å²) in [5.74, 6) is 0. The molecule has 0 aliphatic rings. The molecule has 1 heterocycles. The number of aromatic nitrogens is 2. The number of benzene rings is 1. The van der Waals surface area contributed by atoms with Crippen LogP contribution in [0.15, 0.2) is 36.5 Å². The molecular formula is C15H21N3. The zero-order chi connectivity index (χ0) is 13.2. The average molecular weight is 243 g/mol. The van der Waals surface area contributed by atoms with Gasteiger partial charge in [0.1, 0.15) is 0 Å². The van der Waals surface area contributed by atoms with Crippen LogP contribution in [-0.2, 0) is 19.1 Å². The summed E-state index contributed by atoms with van der Waals surface area (Å²) in [4.78, 5) is 0. The molecule has 0 bridgehead atoms. The van der Waals surface area contributed by atoms with Crippen LogP contribution in [0.4, 0.5) is 0 Å². The zero-order valence-electron chi connectivity index (χ0n) is 11.6. The van der Waals surface area contributed by atoms with Gasteiger partial charge in [0, 0.05) is 30.9 Å². The maximum absolute atomic E-state index is 4.36. The van der Waals surface area contributed by atoms with Crippen LogP contribution >= 0.6 is 0 Å². The van der Waals surface area contributed by atoms with Gasteiger partial charge in [-0.3, -0.25) is 4.68 Å². The van der Waals surface area contributed by atoms with Gasteiger partial charge < -0.3 is 5.32 Å². The molecule has 0 unspecified atom stereocenters. The Morgan fingerprint density at radius 1 is 1.22 bits per heavy atom.